The SMILES string of the molecule is C=C[CH][14C](=O)N1CCCCC1. The van der Waals surface area contributed by atoms with Crippen LogP contribution in [0.25, 0.3) is 0 Å². The molecule has 0 saturated carbocycles. The normalized spacial score (nSPS) is 18.0. The second-order valence-corrected chi connectivity index (χ2v) is 2.79. The molecule has 0 bridgehead atoms. The first-order chi connectivity index (χ1) is 5.34. The monoisotopic (exact) mass is 154 g/mol. The first kappa shape index (κ1) is 8.31. The molecule has 1 radical (unpaired) electrons. The van der Waals surface area contributed by atoms with E-state index in [0.717, 1.165) is 25.9 Å². The fraction of sp³-hybridized carbons (Fsp3) is 0.556. The molecule has 1 rings (SSSR count). The standard InChI is InChI=1S/C9H14NO/c1-2-6-9(11)10-7-4-3-5-8-10/h2,6H,1,3-5,7-8H2/i9+2. The van der Waals surface area contributed by atoms with E-state index in [-0.39, 0.29) is 5.91 Å². The molecule has 1 heterocycles. The van der Waals surface area contributed by atoms with Crippen LogP contribution in [-0.4, -0.2) is 23.9 Å². The molecule has 1 fully saturated rings. The quantitative estimate of drug-likeness (QED) is 0.588. The second kappa shape index (κ2) is 4.16. The van der Waals surface area contributed by atoms with Gasteiger partial charge in [-0.3, -0.25) is 4.79 Å². The molecule has 61 valence electrons. The molecule has 0 aliphatic carbocycles. The van der Waals surface area contributed by atoms with E-state index in [2.05, 4.69) is 6.58 Å². The van der Waals surface area contributed by atoms with E-state index in [1.54, 1.807) is 6.08 Å². The fourth-order valence-electron chi connectivity index (χ4n) is 1.32. The van der Waals surface area contributed by atoms with Gasteiger partial charge in [0.05, 0.1) is 6.42 Å². The molecule has 11 heavy (non-hydrogen) atoms. The Morgan fingerprint density at radius 3 is 2.45 bits per heavy atom. The lowest BCUT2D eigenvalue weighted by atomic mass is 10.2. The Morgan fingerprint density at radius 2 is 1.91 bits per heavy atom. The summed E-state index contributed by atoms with van der Waals surface area (Å²) in [6, 6.07) is 0. The topological polar surface area (TPSA) is 20.3 Å². The van der Waals surface area contributed by atoms with Gasteiger partial charge in [-0.25, -0.2) is 0 Å². The minimum Gasteiger partial charge on any atom is -0.342 e. The summed E-state index contributed by atoms with van der Waals surface area (Å²) >= 11 is 0. The van der Waals surface area contributed by atoms with Gasteiger partial charge in [-0.2, -0.15) is 0 Å². The second-order valence-electron chi connectivity index (χ2n) is 2.79. The first-order valence-corrected chi connectivity index (χ1v) is 4.09. The van der Waals surface area contributed by atoms with Gasteiger partial charge in [0, 0.05) is 13.1 Å². The van der Waals surface area contributed by atoms with Gasteiger partial charge in [0.1, 0.15) is 0 Å². The fourth-order valence-corrected chi connectivity index (χ4v) is 1.32. The minimum absolute atomic E-state index is 0.111. The highest BCUT2D eigenvalue weighted by Gasteiger charge is 2.14. The maximum atomic E-state index is 11.2. The summed E-state index contributed by atoms with van der Waals surface area (Å²) in [5.41, 5.74) is 0. The molecule has 0 unspecified atom stereocenters. The summed E-state index contributed by atoms with van der Waals surface area (Å²) in [6.07, 6.45) is 6.65. The number of carbonyl (C=O) groups excluding carboxylic acids is 1. The zero-order valence-electron chi connectivity index (χ0n) is 6.75. The van der Waals surface area contributed by atoms with Gasteiger partial charge in [0.15, 0.2) is 0 Å². The van der Waals surface area contributed by atoms with Crippen LogP contribution < -0.4 is 0 Å². The Labute approximate surface area is 67.9 Å². The van der Waals surface area contributed by atoms with Crippen LogP contribution in [-0.2, 0) is 4.79 Å². The summed E-state index contributed by atoms with van der Waals surface area (Å²) in [5.74, 6) is 0.111. The van der Waals surface area contributed by atoms with Crippen molar-refractivity contribution in [1.82, 2.24) is 4.90 Å². The van der Waals surface area contributed by atoms with E-state index < -0.39 is 0 Å². The van der Waals surface area contributed by atoms with E-state index in [0.29, 0.717) is 0 Å². The molecule has 0 aromatic carbocycles. The summed E-state index contributed by atoms with van der Waals surface area (Å²) < 4.78 is 0. The lowest BCUT2D eigenvalue weighted by Crippen LogP contribution is -2.35. The van der Waals surface area contributed by atoms with Crippen molar-refractivity contribution in [3.63, 3.8) is 0 Å². The smallest absolute Gasteiger partial charge is 0.230 e. The van der Waals surface area contributed by atoms with Crippen molar-refractivity contribution in [2.45, 2.75) is 19.3 Å². The predicted octanol–water partition coefficient (Wildman–Crippen LogP) is 1.39. The van der Waals surface area contributed by atoms with Crippen molar-refractivity contribution in [3.8, 4) is 0 Å². The average Bonchev–Trinajstić information content (AvgIpc) is 2.07. The van der Waals surface area contributed by atoms with E-state index in [4.69, 9.17) is 0 Å². The van der Waals surface area contributed by atoms with Crippen LogP contribution in [0, 0.1) is 6.42 Å². The third-order valence-electron chi connectivity index (χ3n) is 1.93. The Kier molecular flexibility index (Phi) is 3.14. The van der Waals surface area contributed by atoms with Gasteiger partial charge in [0.2, 0.25) is 5.91 Å². The van der Waals surface area contributed by atoms with Crippen LogP contribution in [0.2, 0.25) is 0 Å². The van der Waals surface area contributed by atoms with Crippen molar-refractivity contribution in [2.24, 2.45) is 0 Å². The third kappa shape index (κ3) is 2.37. The first-order valence-electron chi connectivity index (χ1n) is 4.09. The lowest BCUT2D eigenvalue weighted by Gasteiger charge is -2.25. The van der Waals surface area contributed by atoms with E-state index >= 15 is 0 Å². The van der Waals surface area contributed by atoms with Crippen LogP contribution in [0.5, 0.6) is 0 Å². The molecule has 1 amide bonds. The molecule has 0 aromatic heterocycles. The van der Waals surface area contributed by atoms with Crippen molar-refractivity contribution >= 4 is 5.91 Å². The van der Waals surface area contributed by atoms with E-state index in [1.165, 1.54) is 12.8 Å². The highest BCUT2D eigenvalue weighted by molar-refractivity contribution is 5.86. The number of piperidine rings is 1. The Balaban J connectivity index is 2.32. The molecule has 0 aromatic rings. The van der Waals surface area contributed by atoms with E-state index in [9.17, 15) is 4.79 Å². The summed E-state index contributed by atoms with van der Waals surface area (Å²) in [5, 5.41) is 0. The van der Waals surface area contributed by atoms with Gasteiger partial charge in [-0.05, 0) is 19.3 Å². The molecule has 2 heteroatoms. The Hall–Kier alpha value is -0.790. The number of hydrogen-bond donors (Lipinski definition) is 0. The number of amides is 1. The number of likely N-dealkylation sites (tertiary alicyclic amines) is 1. The maximum absolute atomic E-state index is 11.2. The molecular weight excluding hydrogens is 140 g/mol. The van der Waals surface area contributed by atoms with Crippen molar-refractivity contribution in [2.75, 3.05) is 13.1 Å². The average molecular weight is 154 g/mol. The molecule has 1 saturated heterocycles. The highest BCUT2D eigenvalue weighted by atomic mass is 16.3. The van der Waals surface area contributed by atoms with Crippen LogP contribution in [0.15, 0.2) is 12.7 Å². The van der Waals surface area contributed by atoms with Gasteiger partial charge < -0.3 is 4.90 Å². The maximum Gasteiger partial charge on any atom is 0.230 e. The molecular formula is C9H14NO. The largest absolute Gasteiger partial charge is 0.342 e. The summed E-state index contributed by atoms with van der Waals surface area (Å²) in [6.45, 7) is 5.33. The Morgan fingerprint density at radius 1 is 1.27 bits per heavy atom. The zero-order valence-corrected chi connectivity index (χ0v) is 6.75. The third-order valence-corrected chi connectivity index (χ3v) is 1.93. The van der Waals surface area contributed by atoms with Gasteiger partial charge in [0.25, 0.3) is 0 Å². The lowest BCUT2D eigenvalue weighted by molar-refractivity contribution is -0.127. The van der Waals surface area contributed by atoms with Crippen LogP contribution in [0.1, 0.15) is 19.3 Å². The number of rotatable bonds is 2. The van der Waals surface area contributed by atoms with Crippen molar-refractivity contribution in [1.29, 1.82) is 0 Å². The predicted molar refractivity (Wildman–Crippen MR) is 44.9 cm³/mol. The zero-order chi connectivity index (χ0) is 8.10. The number of hydrogen-bond acceptors (Lipinski definition) is 1. The molecule has 2 nitrogen and oxygen atoms in total. The Bertz CT molecular complexity index is 148. The molecule has 0 spiro atoms. The van der Waals surface area contributed by atoms with Crippen LogP contribution in [0.4, 0.5) is 0 Å². The van der Waals surface area contributed by atoms with Gasteiger partial charge in [-0.1, -0.05) is 6.08 Å². The molecule has 1 aliphatic rings. The number of nitrogens with zero attached hydrogens (tertiary/aromatic N) is 1. The highest BCUT2D eigenvalue weighted by Crippen LogP contribution is 2.09. The molecule has 0 atom stereocenters. The van der Waals surface area contributed by atoms with Crippen LogP contribution in [0.3, 0.4) is 0 Å². The molecule has 0 N–H and O–H groups in total. The van der Waals surface area contributed by atoms with Crippen LogP contribution >= 0.6 is 0 Å². The molecule has 1 aliphatic heterocycles. The van der Waals surface area contributed by atoms with E-state index in [1.807, 2.05) is 4.90 Å². The minimum atomic E-state index is 0.111. The van der Waals surface area contributed by atoms with Gasteiger partial charge >= 0.3 is 0 Å². The summed E-state index contributed by atoms with van der Waals surface area (Å²) in [4.78, 5) is 13.1. The number of carbonyl (C=O) groups is 1. The van der Waals surface area contributed by atoms with Crippen molar-refractivity contribution < 1.29 is 4.79 Å². The van der Waals surface area contributed by atoms with Crippen molar-refractivity contribution in [3.05, 3.63) is 19.1 Å². The summed E-state index contributed by atoms with van der Waals surface area (Å²) in [7, 11) is 0. The van der Waals surface area contributed by atoms with Gasteiger partial charge in [-0.15, -0.1) is 6.58 Å².